The zero-order valence-corrected chi connectivity index (χ0v) is 13.0. The van der Waals surface area contributed by atoms with Crippen LogP contribution in [-0.4, -0.2) is 25.2 Å². The van der Waals surface area contributed by atoms with Crippen LogP contribution < -0.4 is 5.32 Å². The topological polar surface area (TPSA) is 38.3 Å². The Balaban J connectivity index is 0.000000956. The van der Waals surface area contributed by atoms with Gasteiger partial charge in [-0.2, -0.15) is 0 Å². The van der Waals surface area contributed by atoms with Crippen LogP contribution in [0, 0.1) is 11.8 Å². The van der Waals surface area contributed by atoms with Crippen molar-refractivity contribution >= 4 is 5.97 Å². The van der Waals surface area contributed by atoms with Crippen molar-refractivity contribution in [2.24, 2.45) is 0 Å². The highest BCUT2D eigenvalue weighted by atomic mass is 16.5. The molecule has 112 valence electrons. The standard InChI is InChI=1S/C15H21NO2.C2H6/c1-18-15(17)9-4-2-3-6-12-7-5-8-13-10-11-14(12)16-13;1-2/h7,13-14,16H,2,4-5,8-11H2,1H3;1-2H3/t13-,14?;/m0./s1. The Morgan fingerprint density at radius 2 is 2.20 bits per heavy atom. The van der Waals surface area contributed by atoms with Crippen LogP contribution in [0.15, 0.2) is 11.6 Å². The highest BCUT2D eigenvalue weighted by Crippen LogP contribution is 2.25. The van der Waals surface area contributed by atoms with Gasteiger partial charge in [0.1, 0.15) is 0 Å². The number of hydrogen-bond donors (Lipinski definition) is 1. The van der Waals surface area contributed by atoms with E-state index in [4.69, 9.17) is 0 Å². The van der Waals surface area contributed by atoms with Gasteiger partial charge < -0.3 is 10.1 Å². The number of carbonyl (C=O) groups excluding carboxylic acids is 1. The molecule has 1 unspecified atom stereocenters. The molecule has 0 radical (unpaired) electrons. The third-order valence-corrected chi connectivity index (χ3v) is 3.64. The molecule has 2 rings (SSSR count). The monoisotopic (exact) mass is 277 g/mol. The first-order valence-corrected chi connectivity index (χ1v) is 7.81. The maximum absolute atomic E-state index is 10.9. The first-order chi connectivity index (χ1) is 9.79. The van der Waals surface area contributed by atoms with Crippen LogP contribution in [0.25, 0.3) is 0 Å². The van der Waals surface area contributed by atoms with Crippen LogP contribution in [0.2, 0.25) is 0 Å². The molecule has 0 amide bonds. The summed E-state index contributed by atoms with van der Waals surface area (Å²) >= 11 is 0. The lowest BCUT2D eigenvalue weighted by Gasteiger charge is -2.09. The number of ether oxygens (including phenoxy) is 1. The number of unbranched alkanes of at least 4 members (excludes halogenated alkanes) is 1. The minimum atomic E-state index is -0.147. The Morgan fingerprint density at radius 1 is 1.40 bits per heavy atom. The number of rotatable bonds is 3. The second-order valence-corrected chi connectivity index (χ2v) is 4.96. The van der Waals surface area contributed by atoms with E-state index in [1.807, 2.05) is 13.8 Å². The lowest BCUT2D eigenvalue weighted by atomic mass is 10.00. The van der Waals surface area contributed by atoms with E-state index in [1.165, 1.54) is 31.9 Å². The molecule has 2 heterocycles. The summed E-state index contributed by atoms with van der Waals surface area (Å²) in [5, 5.41) is 3.63. The van der Waals surface area contributed by atoms with Crippen molar-refractivity contribution in [1.82, 2.24) is 5.32 Å². The molecule has 2 aliphatic rings. The number of esters is 1. The number of carbonyl (C=O) groups is 1. The van der Waals surface area contributed by atoms with Gasteiger partial charge in [0, 0.05) is 30.5 Å². The van der Waals surface area contributed by atoms with Gasteiger partial charge in [-0.1, -0.05) is 31.8 Å². The molecular formula is C17H27NO2. The number of nitrogens with one attached hydrogen (secondary N) is 1. The zero-order chi connectivity index (χ0) is 14.8. The van der Waals surface area contributed by atoms with Crippen molar-refractivity contribution in [3.8, 4) is 11.8 Å². The summed E-state index contributed by atoms with van der Waals surface area (Å²) in [5.74, 6) is 6.31. The van der Waals surface area contributed by atoms with Crippen LogP contribution in [0.3, 0.4) is 0 Å². The van der Waals surface area contributed by atoms with Crippen LogP contribution in [0.5, 0.6) is 0 Å². The van der Waals surface area contributed by atoms with Gasteiger partial charge in [0.25, 0.3) is 0 Å². The van der Waals surface area contributed by atoms with E-state index in [0.717, 1.165) is 19.3 Å². The summed E-state index contributed by atoms with van der Waals surface area (Å²) in [6.07, 6.45) is 9.18. The number of methoxy groups -OCH3 is 1. The van der Waals surface area contributed by atoms with Gasteiger partial charge in [-0.25, -0.2) is 0 Å². The van der Waals surface area contributed by atoms with Gasteiger partial charge in [0.2, 0.25) is 0 Å². The molecule has 1 saturated heterocycles. The molecule has 3 nitrogen and oxygen atoms in total. The summed E-state index contributed by atoms with van der Waals surface area (Å²) in [7, 11) is 1.42. The number of hydrogen-bond acceptors (Lipinski definition) is 3. The summed E-state index contributed by atoms with van der Waals surface area (Å²) in [5.41, 5.74) is 1.26. The maximum atomic E-state index is 10.9. The van der Waals surface area contributed by atoms with E-state index in [9.17, 15) is 4.79 Å². The predicted octanol–water partition coefficient (Wildman–Crippen LogP) is 3.20. The first kappa shape index (κ1) is 16.8. The number of allylic oxidation sites excluding steroid dienone is 1. The molecule has 0 saturated carbocycles. The van der Waals surface area contributed by atoms with Gasteiger partial charge in [-0.15, -0.1) is 0 Å². The van der Waals surface area contributed by atoms with Crippen LogP contribution >= 0.6 is 0 Å². The van der Waals surface area contributed by atoms with Crippen molar-refractivity contribution in [2.45, 2.75) is 70.9 Å². The highest BCUT2D eigenvalue weighted by Gasteiger charge is 2.27. The smallest absolute Gasteiger partial charge is 0.305 e. The average molecular weight is 277 g/mol. The second-order valence-electron chi connectivity index (χ2n) is 4.96. The summed E-state index contributed by atoms with van der Waals surface area (Å²) in [6.45, 7) is 4.00. The van der Waals surface area contributed by atoms with Gasteiger partial charge >= 0.3 is 5.97 Å². The Hall–Kier alpha value is -1.27. The van der Waals surface area contributed by atoms with Crippen molar-refractivity contribution < 1.29 is 9.53 Å². The first-order valence-electron chi connectivity index (χ1n) is 7.81. The minimum Gasteiger partial charge on any atom is -0.469 e. The Kier molecular flexibility index (Phi) is 8.06. The summed E-state index contributed by atoms with van der Waals surface area (Å²) in [4.78, 5) is 10.9. The fourth-order valence-corrected chi connectivity index (χ4v) is 2.60. The quantitative estimate of drug-likeness (QED) is 0.489. The summed E-state index contributed by atoms with van der Waals surface area (Å²) < 4.78 is 4.59. The van der Waals surface area contributed by atoms with Gasteiger partial charge in [-0.05, 0) is 32.1 Å². The zero-order valence-electron chi connectivity index (χ0n) is 13.0. The molecule has 0 spiro atoms. The molecule has 2 atom stereocenters. The molecule has 1 N–H and O–H groups in total. The van der Waals surface area contributed by atoms with Crippen molar-refractivity contribution in [1.29, 1.82) is 0 Å². The fraction of sp³-hybridized carbons (Fsp3) is 0.706. The van der Waals surface area contributed by atoms with Gasteiger partial charge in [0.05, 0.1) is 7.11 Å². The van der Waals surface area contributed by atoms with Crippen molar-refractivity contribution in [3.63, 3.8) is 0 Å². The normalized spacial score (nSPS) is 23.4. The molecule has 2 bridgehead atoms. The fourth-order valence-electron chi connectivity index (χ4n) is 2.60. The lowest BCUT2D eigenvalue weighted by molar-refractivity contribution is -0.140. The second kappa shape index (κ2) is 9.61. The largest absolute Gasteiger partial charge is 0.469 e. The molecule has 3 heteroatoms. The minimum absolute atomic E-state index is 0.147. The molecule has 0 aliphatic carbocycles. The van der Waals surface area contributed by atoms with E-state index in [1.54, 1.807) is 0 Å². The third kappa shape index (κ3) is 5.38. The Labute approximate surface area is 123 Å². The molecule has 1 fully saturated rings. The van der Waals surface area contributed by atoms with E-state index < -0.39 is 0 Å². The third-order valence-electron chi connectivity index (χ3n) is 3.64. The highest BCUT2D eigenvalue weighted by molar-refractivity contribution is 5.69. The Bertz CT molecular complexity index is 390. The number of fused-ring (bicyclic) bond motifs is 2. The molecule has 0 aromatic rings. The predicted molar refractivity (Wildman–Crippen MR) is 82.3 cm³/mol. The van der Waals surface area contributed by atoms with E-state index >= 15 is 0 Å². The molecule has 0 aromatic heterocycles. The average Bonchev–Trinajstić information content (AvgIpc) is 2.85. The summed E-state index contributed by atoms with van der Waals surface area (Å²) in [6, 6.07) is 1.18. The van der Waals surface area contributed by atoms with Crippen LogP contribution in [-0.2, 0) is 9.53 Å². The van der Waals surface area contributed by atoms with Crippen LogP contribution in [0.1, 0.15) is 58.8 Å². The van der Waals surface area contributed by atoms with Crippen molar-refractivity contribution in [2.75, 3.05) is 7.11 Å². The van der Waals surface area contributed by atoms with E-state index in [2.05, 4.69) is 28.0 Å². The van der Waals surface area contributed by atoms with Crippen molar-refractivity contribution in [3.05, 3.63) is 11.6 Å². The lowest BCUT2D eigenvalue weighted by Crippen LogP contribution is -2.28. The van der Waals surface area contributed by atoms with Crippen LogP contribution in [0.4, 0.5) is 0 Å². The molecule has 0 aromatic carbocycles. The maximum Gasteiger partial charge on any atom is 0.305 e. The van der Waals surface area contributed by atoms with E-state index in [0.29, 0.717) is 18.5 Å². The van der Waals surface area contributed by atoms with Gasteiger partial charge in [-0.3, -0.25) is 4.79 Å². The molecular weight excluding hydrogens is 250 g/mol. The molecule has 20 heavy (non-hydrogen) atoms. The van der Waals surface area contributed by atoms with E-state index in [-0.39, 0.29) is 5.97 Å². The molecule has 2 aliphatic heterocycles. The Morgan fingerprint density at radius 3 is 2.95 bits per heavy atom. The SMILES string of the molecule is CC.COC(=O)CCCC#CC1=CCC[C@H]2CCC1N2. The van der Waals surface area contributed by atoms with Gasteiger partial charge in [0.15, 0.2) is 0 Å².